The van der Waals surface area contributed by atoms with E-state index in [0.29, 0.717) is 32.1 Å². The maximum Gasteiger partial charge on any atom is 0.164 e. The molecule has 0 aliphatic heterocycles. The first-order chi connectivity index (χ1) is 9.60. The van der Waals surface area contributed by atoms with Crippen molar-refractivity contribution in [2.75, 3.05) is 0 Å². The fourth-order valence-electron chi connectivity index (χ4n) is 1.97. The van der Waals surface area contributed by atoms with Gasteiger partial charge in [-0.1, -0.05) is 34.8 Å². The van der Waals surface area contributed by atoms with Crippen LogP contribution in [-0.2, 0) is 5.88 Å². The zero-order valence-electron chi connectivity index (χ0n) is 9.95. The van der Waals surface area contributed by atoms with Gasteiger partial charge >= 0.3 is 0 Å². The molecule has 0 bridgehead atoms. The first kappa shape index (κ1) is 14.0. The summed E-state index contributed by atoms with van der Waals surface area (Å²) in [4.78, 5) is 8.74. The quantitative estimate of drug-likeness (QED) is 0.603. The van der Waals surface area contributed by atoms with Crippen LogP contribution in [0.5, 0.6) is 0 Å². The molecule has 0 spiro atoms. The van der Waals surface area contributed by atoms with Gasteiger partial charge in [-0.25, -0.2) is 9.97 Å². The predicted octanol–water partition coefficient (Wildman–Crippen LogP) is 5.12. The molecule has 0 fully saturated rings. The molecule has 0 unspecified atom stereocenters. The highest BCUT2D eigenvalue weighted by Gasteiger charge is 2.14. The van der Waals surface area contributed by atoms with E-state index in [2.05, 4.69) is 9.97 Å². The van der Waals surface area contributed by atoms with Gasteiger partial charge in [0, 0.05) is 6.20 Å². The second-order valence-corrected chi connectivity index (χ2v) is 5.61. The van der Waals surface area contributed by atoms with Crippen LogP contribution in [0.2, 0.25) is 15.1 Å². The lowest BCUT2D eigenvalue weighted by molar-refractivity contribution is 0.970. The van der Waals surface area contributed by atoms with Crippen LogP contribution in [0.15, 0.2) is 30.5 Å². The summed E-state index contributed by atoms with van der Waals surface area (Å²) in [6, 6.07) is 7.05. The Kier molecular flexibility index (Phi) is 3.78. The normalized spacial score (nSPS) is 11.2. The molecule has 7 heteroatoms. The molecule has 2 aromatic heterocycles. The summed E-state index contributed by atoms with van der Waals surface area (Å²) in [5.74, 6) is 0.906. The predicted molar refractivity (Wildman–Crippen MR) is 83.5 cm³/mol. The summed E-state index contributed by atoms with van der Waals surface area (Å²) in [6.45, 7) is 0. The Morgan fingerprint density at radius 2 is 1.85 bits per heavy atom. The smallest absolute Gasteiger partial charge is 0.164 e. The summed E-state index contributed by atoms with van der Waals surface area (Å²) in [7, 11) is 0. The molecular formula is C13H7Cl4N3. The zero-order valence-corrected chi connectivity index (χ0v) is 13.0. The average Bonchev–Trinajstić information content (AvgIpc) is 2.79. The lowest BCUT2D eigenvalue weighted by Gasteiger charge is -2.08. The van der Waals surface area contributed by atoms with E-state index >= 15 is 0 Å². The highest BCUT2D eigenvalue weighted by Crippen LogP contribution is 2.28. The van der Waals surface area contributed by atoms with Crippen LogP contribution in [0.1, 0.15) is 5.82 Å². The van der Waals surface area contributed by atoms with E-state index in [-0.39, 0.29) is 5.88 Å². The number of aromatic nitrogens is 3. The van der Waals surface area contributed by atoms with Crippen molar-refractivity contribution in [1.82, 2.24) is 14.5 Å². The van der Waals surface area contributed by atoms with Gasteiger partial charge in [0.25, 0.3) is 0 Å². The van der Waals surface area contributed by atoms with Crippen molar-refractivity contribution in [1.29, 1.82) is 0 Å². The Hall–Kier alpha value is -1.000. The molecule has 0 amide bonds. The van der Waals surface area contributed by atoms with E-state index in [1.165, 1.54) is 0 Å². The molecule has 102 valence electrons. The maximum absolute atomic E-state index is 6.06. The fraction of sp³-hybridized carbons (Fsp3) is 0.0769. The first-order valence-corrected chi connectivity index (χ1v) is 7.31. The molecular weight excluding hydrogens is 340 g/mol. The second-order valence-electron chi connectivity index (χ2n) is 4.09. The molecule has 0 aliphatic rings. The average molecular weight is 347 g/mol. The number of pyridine rings is 1. The molecule has 0 saturated carbocycles. The number of hydrogen-bond donors (Lipinski definition) is 0. The third-order valence-corrected chi connectivity index (χ3v) is 4.00. The molecule has 0 N–H and O–H groups in total. The summed E-state index contributed by atoms with van der Waals surface area (Å²) < 4.78 is 1.83. The summed E-state index contributed by atoms with van der Waals surface area (Å²) in [5, 5.41) is 1.47. The monoisotopic (exact) mass is 345 g/mol. The Bertz CT molecular complexity index is 798. The number of hydrogen-bond acceptors (Lipinski definition) is 2. The molecule has 3 nitrogen and oxygen atoms in total. The van der Waals surface area contributed by atoms with E-state index in [0.717, 1.165) is 5.69 Å². The minimum Gasteiger partial charge on any atom is -0.280 e. The topological polar surface area (TPSA) is 30.7 Å². The van der Waals surface area contributed by atoms with Crippen molar-refractivity contribution in [3.8, 4) is 5.69 Å². The molecule has 0 radical (unpaired) electrons. The lowest BCUT2D eigenvalue weighted by atomic mass is 10.3. The van der Waals surface area contributed by atoms with E-state index in [1.54, 1.807) is 24.4 Å². The Balaban J connectivity index is 2.30. The lowest BCUT2D eigenvalue weighted by Crippen LogP contribution is -2.00. The van der Waals surface area contributed by atoms with Crippen LogP contribution in [-0.4, -0.2) is 14.5 Å². The molecule has 3 aromatic rings. The highest BCUT2D eigenvalue weighted by molar-refractivity contribution is 6.42. The van der Waals surface area contributed by atoms with Gasteiger partial charge in [0.05, 0.1) is 26.6 Å². The molecule has 20 heavy (non-hydrogen) atoms. The summed E-state index contributed by atoms with van der Waals surface area (Å²) in [5.41, 5.74) is 2.15. The summed E-state index contributed by atoms with van der Waals surface area (Å²) >= 11 is 23.9. The number of alkyl halides is 1. The van der Waals surface area contributed by atoms with Crippen molar-refractivity contribution in [3.05, 3.63) is 51.4 Å². The van der Waals surface area contributed by atoms with Gasteiger partial charge < -0.3 is 0 Å². The molecule has 2 heterocycles. The van der Waals surface area contributed by atoms with Crippen LogP contribution in [0.4, 0.5) is 0 Å². The van der Waals surface area contributed by atoms with Gasteiger partial charge in [-0.05, 0) is 24.3 Å². The minimum absolute atomic E-state index is 0.244. The third-order valence-electron chi connectivity index (χ3n) is 2.81. The van der Waals surface area contributed by atoms with Gasteiger partial charge in [-0.3, -0.25) is 4.57 Å². The summed E-state index contributed by atoms with van der Waals surface area (Å²) in [6.07, 6.45) is 1.57. The van der Waals surface area contributed by atoms with Crippen molar-refractivity contribution >= 4 is 57.6 Å². The maximum atomic E-state index is 6.06. The number of benzene rings is 1. The van der Waals surface area contributed by atoms with Crippen LogP contribution in [0, 0.1) is 0 Å². The molecule has 1 aromatic carbocycles. The fourth-order valence-corrected chi connectivity index (χ4v) is 2.60. The number of nitrogens with zero attached hydrogens (tertiary/aromatic N) is 3. The SMILES string of the molecule is ClCc1nc2cc(Cl)cnc2n1-c1ccc(Cl)c(Cl)c1. The number of rotatable bonds is 2. The van der Waals surface area contributed by atoms with E-state index < -0.39 is 0 Å². The van der Waals surface area contributed by atoms with Crippen molar-refractivity contribution in [2.24, 2.45) is 0 Å². The Morgan fingerprint density at radius 3 is 2.55 bits per heavy atom. The van der Waals surface area contributed by atoms with Gasteiger partial charge in [0.1, 0.15) is 11.3 Å². The van der Waals surface area contributed by atoms with E-state index in [1.807, 2.05) is 10.6 Å². The van der Waals surface area contributed by atoms with Gasteiger partial charge in [-0.15, -0.1) is 11.6 Å². The van der Waals surface area contributed by atoms with Gasteiger partial charge in [-0.2, -0.15) is 0 Å². The van der Waals surface area contributed by atoms with E-state index in [4.69, 9.17) is 46.4 Å². The largest absolute Gasteiger partial charge is 0.280 e. The number of fused-ring (bicyclic) bond motifs is 1. The molecule has 0 saturated heterocycles. The molecule has 0 aliphatic carbocycles. The van der Waals surface area contributed by atoms with Gasteiger partial charge in [0.2, 0.25) is 0 Å². The van der Waals surface area contributed by atoms with Crippen LogP contribution in [0.25, 0.3) is 16.9 Å². The van der Waals surface area contributed by atoms with Gasteiger partial charge in [0.15, 0.2) is 5.65 Å². The Labute approximate surface area is 135 Å². The van der Waals surface area contributed by atoms with E-state index in [9.17, 15) is 0 Å². The highest BCUT2D eigenvalue weighted by atomic mass is 35.5. The zero-order chi connectivity index (χ0) is 14.3. The second kappa shape index (κ2) is 5.41. The van der Waals surface area contributed by atoms with Crippen molar-refractivity contribution < 1.29 is 0 Å². The first-order valence-electron chi connectivity index (χ1n) is 5.64. The molecule has 3 rings (SSSR count). The number of halogens is 4. The third kappa shape index (κ3) is 2.35. The van der Waals surface area contributed by atoms with Crippen LogP contribution >= 0.6 is 46.4 Å². The van der Waals surface area contributed by atoms with Crippen molar-refractivity contribution in [3.63, 3.8) is 0 Å². The van der Waals surface area contributed by atoms with Crippen molar-refractivity contribution in [2.45, 2.75) is 5.88 Å². The van der Waals surface area contributed by atoms with Crippen LogP contribution < -0.4 is 0 Å². The number of imidazole rings is 1. The Morgan fingerprint density at radius 1 is 1.05 bits per heavy atom. The molecule has 0 atom stereocenters. The standard InChI is InChI=1S/C13H7Cl4N3/c14-5-12-19-11-3-7(15)6-18-13(11)20(12)8-1-2-9(16)10(17)4-8/h1-4,6H,5H2. The van der Waals surface area contributed by atoms with Crippen LogP contribution in [0.3, 0.4) is 0 Å². The minimum atomic E-state index is 0.244.